The Morgan fingerprint density at radius 3 is 2.08 bits per heavy atom. The molecule has 0 spiro atoms. The molecule has 0 fully saturated rings. The molecule has 1 atom stereocenters. The van der Waals surface area contributed by atoms with Gasteiger partial charge in [-0.25, -0.2) is 13.1 Å². The third-order valence-electron chi connectivity index (χ3n) is 6.30. The van der Waals surface area contributed by atoms with Crippen LogP contribution in [0, 0.1) is 0 Å². The standard InChI is InChI=1S/C30H37N3O5S/c1-2-32-39(37,38)27-17-14-24(15-18-27)16-19-29(35)33(23-26-12-7-4-8-13-26)28(30(36)31-20-9-21-34)22-25-10-5-3-6-11-25/h3-8,10-15,17-18,28,32,34H,2,9,16,19-23H2,1H3,(H,31,36)/t28-/m1/s1. The van der Waals surface area contributed by atoms with Crippen molar-refractivity contribution in [3.05, 3.63) is 102 Å². The van der Waals surface area contributed by atoms with Gasteiger partial charge < -0.3 is 15.3 Å². The average molecular weight is 552 g/mol. The minimum Gasteiger partial charge on any atom is -0.396 e. The fourth-order valence-electron chi connectivity index (χ4n) is 4.25. The fourth-order valence-corrected chi connectivity index (χ4v) is 5.29. The zero-order valence-corrected chi connectivity index (χ0v) is 23.1. The first-order valence-corrected chi connectivity index (χ1v) is 14.7. The quantitative estimate of drug-likeness (QED) is 0.251. The van der Waals surface area contributed by atoms with Gasteiger partial charge in [-0.1, -0.05) is 79.7 Å². The molecule has 0 aliphatic carbocycles. The Kier molecular flexibility index (Phi) is 11.7. The minimum atomic E-state index is -3.55. The molecule has 0 bridgehead atoms. The molecule has 0 saturated heterocycles. The molecular weight excluding hydrogens is 514 g/mol. The van der Waals surface area contributed by atoms with Gasteiger partial charge in [0, 0.05) is 39.1 Å². The number of carbonyl (C=O) groups excluding carboxylic acids is 2. The topological polar surface area (TPSA) is 116 Å². The molecule has 3 aromatic rings. The fraction of sp³-hybridized carbons (Fsp3) is 0.333. The number of hydrogen-bond acceptors (Lipinski definition) is 5. The van der Waals surface area contributed by atoms with E-state index >= 15 is 0 Å². The van der Waals surface area contributed by atoms with Crippen LogP contribution < -0.4 is 10.0 Å². The van der Waals surface area contributed by atoms with E-state index in [2.05, 4.69) is 10.0 Å². The van der Waals surface area contributed by atoms with E-state index in [1.165, 1.54) is 12.1 Å². The Balaban J connectivity index is 1.83. The number of amides is 2. The zero-order chi connectivity index (χ0) is 28.1. The number of nitrogens with zero attached hydrogens (tertiary/aromatic N) is 1. The number of aliphatic hydroxyl groups is 1. The number of benzene rings is 3. The van der Waals surface area contributed by atoms with Gasteiger partial charge in [0.1, 0.15) is 6.04 Å². The molecule has 3 rings (SSSR count). The van der Waals surface area contributed by atoms with Crippen molar-refractivity contribution in [3.8, 4) is 0 Å². The summed E-state index contributed by atoms with van der Waals surface area (Å²) in [5.41, 5.74) is 2.67. The Bertz CT molecular complexity index is 1280. The van der Waals surface area contributed by atoms with Gasteiger partial charge in [0.05, 0.1) is 4.90 Å². The maximum Gasteiger partial charge on any atom is 0.243 e. The lowest BCUT2D eigenvalue weighted by Gasteiger charge is -2.31. The van der Waals surface area contributed by atoms with E-state index in [4.69, 9.17) is 5.11 Å². The van der Waals surface area contributed by atoms with Crippen LogP contribution in [0.4, 0.5) is 0 Å². The highest BCUT2D eigenvalue weighted by Gasteiger charge is 2.30. The van der Waals surface area contributed by atoms with Crippen LogP contribution in [0.25, 0.3) is 0 Å². The van der Waals surface area contributed by atoms with Gasteiger partial charge >= 0.3 is 0 Å². The van der Waals surface area contributed by atoms with E-state index in [0.29, 0.717) is 32.4 Å². The number of hydrogen-bond donors (Lipinski definition) is 3. The van der Waals surface area contributed by atoms with Gasteiger partial charge in [0.2, 0.25) is 21.8 Å². The van der Waals surface area contributed by atoms with Crippen molar-refractivity contribution >= 4 is 21.8 Å². The summed E-state index contributed by atoms with van der Waals surface area (Å²) in [4.78, 5) is 28.9. The second-order valence-corrected chi connectivity index (χ2v) is 11.0. The van der Waals surface area contributed by atoms with Crippen LogP contribution in [-0.2, 0) is 39.0 Å². The van der Waals surface area contributed by atoms with Crippen LogP contribution in [0.15, 0.2) is 89.8 Å². The van der Waals surface area contributed by atoms with Crippen molar-refractivity contribution in [1.82, 2.24) is 14.9 Å². The molecule has 3 aromatic carbocycles. The average Bonchev–Trinajstić information content (AvgIpc) is 2.95. The number of aryl methyl sites for hydroxylation is 1. The Morgan fingerprint density at radius 2 is 1.49 bits per heavy atom. The first-order chi connectivity index (χ1) is 18.8. The lowest BCUT2D eigenvalue weighted by Crippen LogP contribution is -2.50. The molecule has 8 nitrogen and oxygen atoms in total. The summed E-state index contributed by atoms with van der Waals surface area (Å²) in [6.45, 7) is 2.57. The van der Waals surface area contributed by atoms with E-state index in [-0.39, 0.29) is 36.3 Å². The second-order valence-electron chi connectivity index (χ2n) is 9.23. The van der Waals surface area contributed by atoms with Gasteiger partial charge in [-0.05, 0) is 41.7 Å². The van der Waals surface area contributed by atoms with Crippen molar-refractivity contribution in [2.45, 2.75) is 50.1 Å². The van der Waals surface area contributed by atoms with Crippen LogP contribution >= 0.6 is 0 Å². The van der Waals surface area contributed by atoms with Crippen LogP contribution in [0.2, 0.25) is 0 Å². The highest BCUT2D eigenvalue weighted by molar-refractivity contribution is 7.89. The van der Waals surface area contributed by atoms with Crippen LogP contribution in [0.5, 0.6) is 0 Å². The maximum absolute atomic E-state index is 13.7. The Morgan fingerprint density at radius 1 is 0.872 bits per heavy atom. The Labute approximate surface area is 231 Å². The van der Waals surface area contributed by atoms with Gasteiger partial charge in [-0.3, -0.25) is 9.59 Å². The minimum absolute atomic E-state index is 0.0368. The molecule has 208 valence electrons. The molecule has 0 radical (unpaired) electrons. The first-order valence-electron chi connectivity index (χ1n) is 13.2. The predicted octanol–water partition coefficient (Wildman–Crippen LogP) is 3.06. The summed E-state index contributed by atoms with van der Waals surface area (Å²) in [6, 6.07) is 24.9. The van der Waals surface area contributed by atoms with E-state index in [9.17, 15) is 18.0 Å². The van der Waals surface area contributed by atoms with Crippen LogP contribution in [0.3, 0.4) is 0 Å². The number of sulfonamides is 1. The summed E-state index contributed by atoms with van der Waals surface area (Å²) >= 11 is 0. The highest BCUT2D eigenvalue weighted by atomic mass is 32.2. The van der Waals surface area contributed by atoms with Gasteiger partial charge in [0.15, 0.2) is 0 Å². The number of aliphatic hydroxyl groups excluding tert-OH is 1. The van der Waals surface area contributed by atoms with Gasteiger partial charge in [-0.15, -0.1) is 0 Å². The number of nitrogens with one attached hydrogen (secondary N) is 2. The van der Waals surface area contributed by atoms with Gasteiger partial charge in [-0.2, -0.15) is 0 Å². The van der Waals surface area contributed by atoms with Crippen molar-refractivity contribution in [2.24, 2.45) is 0 Å². The lowest BCUT2D eigenvalue weighted by atomic mass is 10.0. The third kappa shape index (κ3) is 9.31. The second kappa shape index (κ2) is 15.2. The molecule has 0 aliphatic rings. The molecule has 0 heterocycles. The van der Waals surface area contributed by atoms with Gasteiger partial charge in [0.25, 0.3) is 0 Å². The normalized spacial score (nSPS) is 12.1. The van der Waals surface area contributed by atoms with Crippen molar-refractivity contribution in [2.75, 3.05) is 19.7 Å². The molecule has 0 aliphatic heterocycles. The Hall–Kier alpha value is -3.53. The summed E-state index contributed by atoms with van der Waals surface area (Å²) in [7, 11) is -3.55. The van der Waals surface area contributed by atoms with E-state index in [1.54, 1.807) is 24.0 Å². The van der Waals surface area contributed by atoms with Crippen molar-refractivity contribution < 1.29 is 23.1 Å². The molecule has 0 aromatic heterocycles. The maximum atomic E-state index is 13.7. The molecule has 0 saturated carbocycles. The summed E-state index contributed by atoms with van der Waals surface area (Å²) in [5.74, 6) is -0.448. The first kappa shape index (κ1) is 30.0. The molecule has 2 amide bonds. The molecule has 9 heteroatoms. The SMILES string of the molecule is CCNS(=O)(=O)c1ccc(CCC(=O)N(Cc2ccccc2)[C@H](Cc2ccccc2)C(=O)NCCCO)cc1. The molecule has 0 unspecified atom stereocenters. The van der Waals surface area contributed by atoms with E-state index in [0.717, 1.165) is 16.7 Å². The monoisotopic (exact) mass is 551 g/mol. The molecular formula is C30H37N3O5S. The van der Waals surface area contributed by atoms with Crippen molar-refractivity contribution in [3.63, 3.8) is 0 Å². The number of carbonyl (C=O) groups is 2. The van der Waals surface area contributed by atoms with E-state index in [1.807, 2.05) is 60.7 Å². The van der Waals surface area contributed by atoms with E-state index < -0.39 is 16.1 Å². The molecule has 3 N–H and O–H groups in total. The third-order valence-corrected chi connectivity index (χ3v) is 7.86. The van der Waals surface area contributed by atoms with Crippen LogP contribution in [-0.4, -0.2) is 56.0 Å². The zero-order valence-electron chi connectivity index (χ0n) is 22.3. The van der Waals surface area contributed by atoms with Crippen LogP contribution in [0.1, 0.15) is 36.5 Å². The smallest absolute Gasteiger partial charge is 0.243 e. The highest BCUT2D eigenvalue weighted by Crippen LogP contribution is 2.18. The predicted molar refractivity (Wildman–Crippen MR) is 151 cm³/mol. The summed E-state index contributed by atoms with van der Waals surface area (Å²) in [5, 5.41) is 12.0. The number of rotatable bonds is 15. The summed E-state index contributed by atoms with van der Waals surface area (Å²) in [6.07, 6.45) is 1.33. The molecule has 39 heavy (non-hydrogen) atoms. The van der Waals surface area contributed by atoms with Crippen molar-refractivity contribution in [1.29, 1.82) is 0 Å². The summed E-state index contributed by atoms with van der Waals surface area (Å²) < 4.78 is 26.9. The largest absolute Gasteiger partial charge is 0.396 e. The lowest BCUT2D eigenvalue weighted by molar-refractivity contribution is -0.141.